The minimum atomic E-state index is -0.183. The molecule has 22 heavy (non-hydrogen) atoms. The average molecular weight is 313 g/mol. The number of thiophene rings is 1. The molecule has 0 aliphatic rings. The smallest absolute Gasteiger partial charge is 0.257 e. The Kier molecular flexibility index (Phi) is 4.02. The van der Waals surface area contributed by atoms with Crippen LogP contribution in [0, 0.1) is 13.8 Å². The molecule has 112 valence electrons. The first kappa shape index (κ1) is 14.5. The van der Waals surface area contributed by atoms with E-state index < -0.39 is 0 Å². The summed E-state index contributed by atoms with van der Waals surface area (Å²) in [5.41, 5.74) is 2.97. The number of carbonyl (C=O) groups excluding carboxylic acids is 1. The lowest BCUT2D eigenvalue weighted by molar-refractivity contribution is 0.0949. The number of hydrogen-bond acceptors (Lipinski definition) is 5. The van der Waals surface area contributed by atoms with E-state index in [1.807, 2.05) is 29.6 Å². The number of aromatic nitrogens is 2. The first-order valence-electron chi connectivity index (χ1n) is 6.85. The summed E-state index contributed by atoms with van der Waals surface area (Å²) in [6.45, 7) is 3.90. The van der Waals surface area contributed by atoms with Crippen LogP contribution in [0.3, 0.4) is 0 Å². The summed E-state index contributed by atoms with van der Waals surface area (Å²) in [6.07, 6.45) is 1.76. The second kappa shape index (κ2) is 6.11. The summed E-state index contributed by atoms with van der Waals surface area (Å²) in [6, 6.07) is 7.84. The van der Waals surface area contributed by atoms with Gasteiger partial charge in [0.05, 0.1) is 16.3 Å². The van der Waals surface area contributed by atoms with Gasteiger partial charge in [-0.2, -0.15) is 0 Å². The SMILES string of the molecule is Cc1noc(C)c1C(=O)NCc1cccnc1-c1cccs1. The van der Waals surface area contributed by atoms with Crippen molar-refractivity contribution >= 4 is 17.2 Å². The van der Waals surface area contributed by atoms with Crippen LogP contribution in [0.2, 0.25) is 0 Å². The van der Waals surface area contributed by atoms with Crippen LogP contribution < -0.4 is 5.32 Å². The van der Waals surface area contributed by atoms with Gasteiger partial charge >= 0.3 is 0 Å². The van der Waals surface area contributed by atoms with E-state index in [9.17, 15) is 4.79 Å². The van der Waals surface area contributed by atoms with Crippen molar-refractivity contribution < 1.29 is 9.32 Å². The van der Waals surface area contributed by atoms with Crippen LogP contribution in [0.5, 0.6) is 0 Å². The highest BCUT2D eigenvalue weighted by Gasteiger charge is 2.17. The summed E-state index contributed by atoms with van der Waals surface area (Å²) >= 11 is 1.63. The Morgan fingerprint density at radius 2 is 2.18 bits per heavy atom. The molecule has 0 bridgehead atoms. The van der Waals surface area contributed by atoms with Crippen LogP contribution in [0.15, 0.2) is 40.4 Å². The molecular weight excluding hydrogens is 298 g/mol. The van der Waals surface area contributed by atoms with Gasteiger partial charge in [0.1, 0.15) is 11.3 Å². The Morgan fingerprint density at radius 1 is 1.32 bits per heavy atom. The zero-order valence-electron chi connectivity index (χ0n) is 12.3. The van der Waals surface area contributed by atoms with Gasteiger partial charge in [0.2, 0.25) is 0 Å². The van der Waals surface area contributed by atoms with Gasteiger partial charge in [-0.15, -0.1) is 11.3 Å². The molecule has 1 N–H and O–H groups in total. The Hall–Kier alpha value is -2.47. The molecule has 3 aromatic rings. The minimum Gasteiger partial charge on any atom is -0.361 e. The highest BCUT2D eigenvalue weighted by atomic mass is 32.1. The third-order valence-corrected chi connectivity index (χ3v) is 4.22. The van der Waals surface area contributed by atoms with Gasteiger partial charge in [-0.1, -0.05) is 17.3 Å². The van der Waals surface area contributed by atoms with Crippen LogP contribution in [0.1, 0.15) is 27.4 Å². The predicted molar refractivity (Wildman–Crippen MR) is 84.7 cm³/mol. The van der Waals surface area contributed by atoms with Gasteiger partial charge in [0, 0.05) is 12.7 Å². The molecule has 3 rings (SSSR count). The molecule has 0 radical (unpaired) electrons. The van der Waals surface area contributed by atoms with Crippen LogP contribution >= 0.6 is 11.3 Å². The van der Waals surface area contributed by atoms with Gasteiger partial charge in [0.15, 0.2) is 0 Å². The van der Waals surface area contributed by atoms with Crippen LogP contribution in [-0.4, -0.2) is 16.0 Å². The van der Waals surface area contributed by atoms with Crippen molar-refractivity contribution in [1.82, 2.24) is 15.5 Å². The molecule has 3 heterocycles. The lowest BCUT2D eigenvalue weighted by Crippen LogP contribution is -2.24. The van der Waals surface area contributed by atoms with Crippen molar-refractivity contribution in [3.63, 3.8) is 0 Å². The van der Waals surface area contributed by atoms with E-state index in [0.29, 0.717) is 23.6 Å². The molecule has 5 nitrogen and oxygen atoms in total. The maximum atomic E-state index is 12.3. The second-order valence-corrected chi connectivity index (χ2v) is 5.82. The molecule has 0 saturated carbocycles. The van der Waals surface area contributed by atoms with Gasteiger partial charge < -0.3 is 9.84 Å². The van der Waals surface area contributed by atoms with Gasteiger partial charge in [-0.25, -0.2) is 0 Å². The standard InChI is InChI=1S/C16H15N3O2S/c1-10-14(11(2)21-19-10)16(20)18-9-12-5-3-7-17-15(12)13-6-4-8-22-13/h3-8H,9H2,1-2H3,(H,18,20). The largest absolute Gasteiger partial charge is 0.361 e. The van der Waals surface area contributed by atoms with Gasteiger partial charge in [-0.05, 0) is 36.9 Å². The number of hydrogen-bond donors (Lipinski definition) is 1. The van der Waals surface area contributed by atoms with Gasteiger partial charge in [0.25, 0.3) is 5.91 Å². The number of amides is 1. The molecule has 0 atom stereocenters. The lowest BCUT2D eigenvalue weighted by atomic mass is 10.1. The van der Waals surface area contributed by atoms with Crippen molar-refractivity contribution in [3.8, 4) is 10.6 Å². The summed E-state index contributed by atoms with van der Waals surface area (Å²) < 4.78 is 5.03. The quantitative estimate of drug-likeness (QED) is 0.802. The lowest BCUT2D eigenvalue weighted by Gasteiger charge is -2.08. The first-order chi connectivity index (χ1) is 10.7. The van der Waals surface area contributed by atoms with Gasteiger partial charge in [-0.3, -0.25) is 9.78 Å². The number of nitrogens with one attached hydrogen (secondary N) is 1. The van der Waals surface area contributed by atoms with E-state index in [1.165, 1.54) is 0 Å². The molecule has 0 saturated heterocycles. The maximum Gasteiger partial charge on any atom is 0.257 e. The van der Waals surface area contributed by atoms with E-state index in [2.05, 4.69) is 15.5 Å². The molecule has 0 spiro atoms. The number of pyridine rings is 1. The topological polar surface area (TPSA) is 68.0 Å². The fraction of sp³-hybridized carbons (Fsp3) is 0.188. The Labute approximate surface area is 132 Å². The van der Waals surface area contributed by atoms with Crippen molar-refractivity contribution in [2.24, 2.45) is 0 Å². The number of nitrogens with zero attached hydrogens (tertiary/aromatic N) is 2. The summed E-state index contributed by atoms with van der Waals surface area (Å²) in [5, 5.41) is 8.73. The van der Waals surface area contributed by atoms with E-state index >= 15 is 0 Å². The highest BCUT2D eigenvalue weighted by molar-refractivity contribution is 7.13. The fourth-order valence-corrected chi connectivity index (χ4v) is 3.04. The number of aryl methyl sites for hydroxylation is 2. The van der Waals surface area contributed by atoms with E-state index in [0.717, 1.165) is 16.1 Å². The van der Waals surface area contributed by atoms with E-state index in [4.69, 9.17) is 4.52 Å². The van der Waals surface area contributed by atoms with E-state index in [1.54, 1.807) is 31.4 Å². The van der Waals surface area contributed by atoms with Crippen molar-refractivity contribution in [2.45, 2.75) is 20.4 Å². The molecular formula is C16H15N3O2S. The van der Waals surface area contributed by atoms with E-state index in [-0.39, 0.29) is 5.91 Å². The zero-order chi connectivity index (χ0) is 15.5. The molecule has 1 amide bonds. The average Bonchev–Trinajstić information content (AvgIpc) is 3.15. The van der Waals surface area contributed by atoms with Crippen molar-refractivity contribution in [2.75, 3.05) is 0 Å². The fourth-order valence-electron chi connectivity index (χ4n) is 2.29. The molecule has 3 aromatic heterocycles. The minimum absolute atomic E-state index is 0.183. The van der Waals surface area contributed by atoms with Crippen LogP contribution in [0.4, 0.5) is 0 Å². The molecule has 6 heteroatoms. The molecule has 0 fully saturated rings. The predicted octanol–water partition coefficient (Wildman–Crippen LogP) is 3.34. The molecule has 0 unspecified atom stereocenters. The van der Waals surface area contributed by atoms with Crippen molar-refractivity contribution in [1.29, 1.82) is 0 Å². The summed E-state index contributed by atoms with van der Waals surface area (Å²) in [5.74, 6) is 0.344. The first-order valence-corrected chi connectivity index (χ1v) is 7.73. The Morgan fingerprint density at radius 3 is 2.86 bits per heavy atom. The number of carbonyl (C=O) groups is 1. The third-order valence-electron chi connectivity index (χ3n) is 3.35. The summed E-state index contributed by atoms with van der Waals surface area (Å²) in [4.78, 5) is 17.8. The molecule has 0 aromatic carbocycles. The summed E-state index contributed by atoms with van der Waals surface area (Å²) in [7, 11) is 0. The highest BCUT2D eigenvalue weighted by Crippen LogP contribution is 2.25. The zero-order valence-corrected chi connectivity index (χ0v) is 13.1. The van der Waals surface area contributed by atoms with Crippen LogP contribution in [0.25, 0.3) is 10.6 Å². The second-order valence-electron chi connectivity index (χ2n) is 4.87. The molecule has 0 aliphatic heterocycles. The van der Waals surface area contributed by atoms with Crippen LogP contribution in [-0.2, 0) is 6.54 Å². The number of rotatable bonds is 4. The normalized spacial score (nSPS) is 10.6. The Bertz CT molecular complexity index is 774. The monoisotopic (exact) mass is 313 g/mol. The third kappa shape index (κ3) is 2.78. The van der Waals surface area contributed by atoms with Crippen molar-refractivity contribution in [3.05, 3.63) is 58.4 Å². The Balaban J connectivity index is 1.79. The molecule has 0 aliphatic carbocycles. The maximum absolute atomic E-state index is 12.3.